The second-order valence-corrected chi connectivity index (χ2v) is 44.2. The molecular weight excluding hydrogens is 1760 g/mol. The Bertz CT molecular complexity index is 2300. The number of carbonyl (C=O) groups is 3. The van der Waals surface area contributed by atoms with E-state index in [-0.39, 0.29) is 17.9 Å². The summed E-state index contributed by atoms with van der Waals surface area (Å²) in [4.78, 5) is 47.0. The van der Waals surface area contributed by atoms with Gasteiger partial charge in [-0.25, -0.2) is 0 Å². The highest BCUT2D eigenvalue weighted by Gasteiger charge is 2.19. The Kier molecular flexibility index (Phi) is 122. The lowest BCUT2D eigenvalue weighted by Crippen LogP contribution is -2.40. The third-order valence-corrected chi connectivity index (χ3v) is 29.5. The van der Waals surface area contributed by atoms with Crippen LogP contribution in [0.15, 0.2) is 0 Å². The molecule has 0 aliphatic heterocycles. The predicted molar refractivity (Wildman–Crippen MR) is 616 cm³/mol. The fourth-order valence-electron chi connectivity index (χ4n) is 20.1. The molecule has 18 heteroatoms. The first-order chi connectivity index (χ1) is 69.8. The maximum Gasteiger partial charge on any atom is 0.305 e. The second kappa shape index (κ2) is 122. The number of ether oxygens (including phenoxy) is 3. The van der Waals surface area contributed by atoms with E-state index < -0.39 is 24.4 Å². The number of hydrogen-bond donors (Lipinski definition) is 8. The molecule has 0 heterocycles. The monoisotopic (exact) mass is 2020 g/mol. The van der Waals surface area contributed by atoms with Crippen LogP contribution in [0.3, 0.4) is 0 Å². The van der Waals surface area contributed by atoms with Crippen molar-refractivity contribution in [1.29, 1.82) is 0 Å². The first kappa shape index (κ1) is 142. The van der Waals surface area contributed by atoms with Crippen LogP contribution in [0, 0.1) is 0 Å². The van der Waals surface area contributed by atoms with Crippen molar-refractivity contribution in [3.05, 3.63) is 0 Å². The van der Waals surface area contributed by atoms with E-state index >= 15 is 0 Å². The lowest BCUT2D eigenvalue weighted by Gasteiger charge is -2.27. The van der Waals surface area contributed by atoms with Gasteiger partial charge >= 0.3 is 17.9 Å². The lowest BCUT2D eigenvalue weighted by molar-refractivity contribution is -0.144. The highest BCUT2D eigenvalue weighted by molar-refractivity contribution is 5.70. The highest BCUT2D eigenvalue weighted by Crippen LogP contribution is 2.22. The molecule has 142 heavy (non-hydrogen) atoms. The maximum absolute atomic E-state index is 12.4. The van der Waals surface area contributed by atoms with Crippen molar-refractivity contribution >= 4 is 17.9 Å². The molecule has 0 aliphatic carbocycles. The molecule has 0 aliphatic rings. The number of esters is 3. The van der Waals surface area contributed by atoms with Gasteiger partial charge < -0.3 is 75.9 Å². The van der Waals surface area contributed by atoms with E-state index in [9.17, 15) is 34.8 Å². The predicted octanol–water partition coefficient (Wildman–Crippen LogP) is 31.4. The molecule has 0 aromatic heterocycles. The Hall–Kier alpha value is -2.07. The lowest BCUT2D eigenvalue weighted by atomic mass is 10.1. The molecule has 9 N–H and O–H groups in total. The molecule has 4 atom stereocenters. The van der Waals surface area contributed by atoms with Gasteiger partial charge in [0.05, 0.1) is 44.2 Å². The average molecular weight is 2020 g/mol. The summed E-state index contributed by atoms with van der Waals surface area (Å²) in [6, 6.07) is 0. The number of hydrogen-bond acceptors (Lipinski definition) is 18. The molecule has 0 bridgehead atoms. The smallest absolute Gasteiger partial charge is 0.305 e. The number of nitrogens with two attached hydrogens (primary N) is 1. The second-order valence-electron chi connectivity index (χ2n) is 44.2. The van der Waals surface area contributed by atoms with Gasteiger partial charge in [-0.2, -0.15) is 0 Å². The van der Waals surface area contributed by atoms with E-state index in [1.807, 2.05) is 0 Å². The van der Waals surface area contributed by atoms with Gasteiger partial charge in [0.15, 0.2) is 0 Å². The van der Waals surface area contributed by atoms with Crippen LogP contribution >= 0.6 is 0 Å². The Morgan fingerprint density at radius 2 is 0.331 bits per heavy atom. The van der Waals surface area contributed by atoms with Gasteiger partial charge in [0.25, 0.3) is 0 Å². The van der Waals surface area contributed by atoms with Crippen molar-refractivity contribution in [2.75, 3.05) is 144 Å². The van der Waals surface area contributed by atoms with Crippen molar-refractivity contribution in [1.82, 2.24) is 35.6 Å². The molecule has 18 nitrogen and oxygen atoms in total. The van der Waals surface area contributed by atoms with Crippen LogP contribution in [0.4, 0.5) is 0 Å². The quantitative estimate of drug-likeness (QED) is 0.0161. The Morgan fingerprint density at radius 1 is 0.197 bits per heavy atom. The van der Waals surface area contributed by atoms with Gasteiger partial charge in [-0.15, -0.1) is 0 Å². The third kappa shape index (κ3) is 117. The van der Waals surface area contributed by atoms with Crippen molar-refractivity contribution in [3.8, 4) is 0 Å². The van der Waals surface area contributed by atoms with Crippen molar-refractivity contribution in [3.63, 3.8) is 0 Å². The topological polar surface area (TPSA) is 235 Å². The number of unbranched alkanes of at least 4 members (excludes halogenated alkanes) is 73. The van der Waals surface area contributed by atoms with Crippen LogP contribution in [0.2, 0.25) is 0 Å². The first-order valence-corrected chi connectivity index (χ1v) is 63.7. The van der Waals surface area contributed by atoms with Gasteiger partial charge in [0.1, 0.15) is 0 Å². The third-order valence-electron chi connectivity index (χ3n) is 29.5. The van der Waals surface area contributed by atoms with E-state index in [1.165, 1.54) is 462 Å². The molecule has 0 fully saturated rings. The molecular formula is C124H254N8O10. The standard InChI is InChI=1S/C70H142N4O6.C54H112N4O4/c1-5-9-13-17-21-25-29-31-33-37-41-45-57-73(65-67(75)63-71-55-51-53-69(77)79-61-49-43-39-35-27-23-19-15-11-7-3)59-47-48-60-74(58-46-42-38-34-32-30-26-22-18-14-10-6-2)66-68(76)64-72-56-52-54-70(78)80-62-50-44-40-36-28-24-20-16-12-8-4;1-4-7-10-13-16-19-22-24-26-29-32-35-43-57(50-52(59)48-55)45-37-38-46-58(44-36-33-30-27-25-23-20-17-14-11-8-5-2)51-53(60)49-56-42-40-41-54(61)62-47-39-34-31-28-21-18-15-12-9-6-3/h67-68,71-72,75-76H,5-66H2,1-4H3;52-53,56,59-60H,4-51,55H2,1-3H3. The van der Waals surface area contributed by atoms with Gasteiger partial charge in [-0.3, -0.25) is 14.4 Å². The Labute approximate surface area is 885 Å². The Morgan fingerprint density at radius 3 is 0.486 bits per heavy atom. The molecule has 0 amide bonds. The number of aliphatic hydroxyl groups excluding tert-OH is 4. The maximum atomic E-state index is 12.4. The van der Waals surface area contributed by atoms with Gasteiger partial charge in [-0.1, -0.05) is 504 Å². The van der Waals surface area contributed by atoms with Gasteiger partial charge in [0.2, 0.25) is 0 Å². The molecule has 850 valence electrons. The van der Waals surface area contributed by atoms with E-state index in [4.69, 9.17) is 19.9 Å². The number of aliphatic hydroxyl groups is 4. The fourth-order valence-corrected chi connectivity index (χ4v) is 20.1. The number of rotatable bonds is 122. The molecule has 0 saturated carbocycles. The van der Waals surface area contributed by atoms with Crippen LogP contribution in [0.1, 0.15) is 613 Å². The Balaban J connectivity index is 0. The largest absolute Gasteiger partial charge is 0.466 e. The van der Waals surface area contributed by atoms with Crippen molar-refractivity contribution in [2.45, 2.75) is 638 Å². The zero-order valence-corrected chi connectivity index (χ0v) is 96.7. The molecule has 0 rings (SSSR count). The SMILES string of the molecule is CCCCCCCCCCCCCCN(CCCCN(CCCCCCCCCCCCCC)CC(O)CNCCCC(=O)OCCCCCCCCCCCC)CC(O)CN.CCCCCCCCCCCCCCN(CCCCN(CCCCCCCCCCCCCC)CC(O)CNCCCC(=O)OCCCCCCCCCCCC)CC(O)CNCCCC(=O)OCCCCCCCCCCCC. The fraction of sp³-hybridized carbons (Fsp3) is 0.976. The number of nitrogens with one attached hydrogen (secondary N) is 3. The summed E-state index contributed by atoms with van der Waals surface area (Å²) in [5.41, 5.74) is 5.83. The minimum atomic E-state index is -0.461. The van der Waals surface area contributed by atoms with Crippen molar-refractivity contribution in [2.24, 2.45) is 5.73 Å². The van der Waals surface area contributed by atoms with Crippen LogP contribution in [-0.2, 0) is 28.6 Å². The van der Waals surface area contributed by atoms with Crippen LogP contribution in [-0.4, -0.2) is 227 Å². The van der Waals surface area contributed by atoms with Crippen molar-refractivity contribution < 1.29 is 49.0 Å². The summed E-state index contributed by atoms with van der Waals surface area (Å²) in [6.07, 6.45) is 109. The summed E-state index contributed by atoms with van der Waals surface area (Å²) in [6.45, 7) is 32.3. The summed E-state index contributed by atoms with van der Waals surface area (Å²) < 4.78 is 16.5. The molecule has 0 radical (unpaired) electrons. The average Bonchev–Trinajstić information content (AvgIpc) is 0.947. The molecule has 4 unspecified atom stereocenters. The van der Waals surface area contributed by atoms with E-state index in [0.717, 1.165) is 136 Å². The summed E-state index contributed by atoms with van der Waals surface area (Å²) in [5, 5.41) is 54.2. The number of carbonyl (C=O) groups excluding carboxylic acids is 3. The van der Waals surface area contributed by atoms with Crippen LogP contribution in [0.5, 0.6) is 0 Å². The number of nitrogens with zero attached hydrogens (tertiary/aromatic N) is 4. The van der Waals surface area contributed by atoms with Gasteiger partial charge in [0, 0.05) is 71.6 Å². The van der Waals surface area contributed by atoms with Gasteiger partial charge in [-0.05, 0) is 162 Å². The molecule has 0 aromatic rings. The molecule has 0 aromatic carbocycles. The minimum Gasteiger partial charge on any atom is -0.466 e. The minimum absolute atomic E-state index is 0.0953. The normalized spacial score (nSPS) is 12.7. The summed E-state index contributed by atoms with van der Waals surface area (Å²) >= 11 is 0. The van der Waals surface area contributed by atoms with E-state index in [1.54, 1.807) is 0 Å². The zero-order chi connectivity index (χ0) is 103. The molecule has 0 spiro atoms. The van der Waals surface area contributed by atoms with E-state index in [0.29, 0.717) is 111 Å². The molecule has 0 saturated heterocycles. The summed E-state index contributed by atoms with van der Waals surface area (Å²) in [5.74, 6) is -0.297. The van der Waals surface area contributed by atoms with Crippen LogP contribution < -0.4 is 21.7 Å². The highest BCUT2D eigenvalue weighted by atomic mass is 16.5. The summed E-state index contributed by atoms with van der Waals surface area (Å²) in [7, 11) is 0. The van der Waals surface area contributed by atoms with E-state index in [2.05, 4.69) is 84.0 Å². The van der Waals surface area contributed by atoms with Crippen LogP contribution in [0.25, 0.3) is 0 Å². The first-order valence-electron chi connectivity index (χ1n) is 63.7. The zero-order valence-electron chi connectivity index (χ0n) is 96.7.